The fourth-order valence-corrected chi connectivity index (χ4v) is 1.72. The summed E-state index contributed by atoms with van der Waals surface area (Å²) in [6.45, 7) is 4.89. The number of nitro groups is 1. The van der Waals surface area contributed by atoms with Crippen LogP contribution >= 0.6 is 0 Å². The van der Waals surface area contributed by atoms with E-state index in [1.165, 1.54) is 0 Å². The minimum Gasteiger partial charge on any atom is -0.444 e. The number of hydrogen-bond acceptors (Lipinski definition) is 5. The minimum atomic E-state index is -1.79. The number of carbonyl (C=O) groups excluding carboxylic acids is 2. The van der Waals surface area contributed by atoms with Gasteiger partial charge in [0.05, 0.1) is 4.92 Å². The number of nitrogens with zero attached hydrogens (tertiary/aromatic N) is 1. The molecule has 1 amide bonds. The molecule has 120 valence electrons. The lowest BCUT2D eigenvalue weighted by molar-refractivity contribution is -0.511. The first kappa shape index (κ1) is 17.6. The Kier molecular flexibility index (Phi) is 6.03. The summed E-state index contributed by atoms with van der Waals surface area (Å²) in [5, 5.41) is 13.0. The number of benzene rings is 1. The number of aryl methyl sites for hydroxylation is 1. The number of rotatable bonds is 6. The predicted octanol–water partition coefficient (Wildman–Crippen LogP) is 2.32. The number of carbonyl (C=O) groups is 2. The van der Waals surface area contributed by atoms with E-state index in [9.17, 15) is 19.7 Å². The Morgan fingerprint density at radius 1 is 1.27 bits per heavy atom. The van der Waals surface area contributed by atoms with Crippen molar-refractivity contribution in [1.82, 2.24) is 5.32 Å². The summed E-state index contributed by atoms with van der Waals surface area (Å²) in [5.41, 5.74) is 0.105. The second-order valence-corrected chi connectivity index (χ2v) is 5.79. The van der Waals surface area contributed by atoms with Crippen LogP contribution in [-0.4, -0.2) is 28.6 Å². The second-order valence-electron chi connectivity index (χ2n) is 5.79. The van der Waals surface area contributed by atoms with E-state index in [1.807, 2.05) is 35.6 Å². The number of hydrogen-bond donors (Lipinski definition) is 1. The van der Waals surface area contributed by atoms with Gasteiger partial charge in [-0.2, -0.15) is 0 Å². The van der Waals surface area contributed by atoms with E-state index in [4.69, 9.17) is 4.74 Å². The average molecular weight is 308 g/mol. The quantitative estimate of drug-likeness (QED) is 0.494. The third-order valence-corrected chi connectivity index (χ3v) is 2.67. The van der Waals surface area contributed by atoms with Gasteiger partial charge in [-0.3, -0.25) is 20.2 Å². The smallest absolute Gasteiger partial charge is 0.413 e. The van der Waals surface area contributed by atoms with Gasteiger partial charge in [-0.25, -0.2) is 4.79 Å². The highest BCUT2D eigenvalue weighted by Gasteiger charge is 2.32. The van der Waals surface area contributed by atoms with Gasteiger partial charge in [-0.1, -0.05) is 30.3 Å². The van der Waals surface area contributed by atoms with Crippen LogP contribution in [0.1, 0.15) is 32.8 Å². The van der Waals surface area contributed by atoms with Crippen LogP contribution in [0.2, 0.25) is 0 Å². The number of ether oxygens (including phenoxy) is 1. The summed E-state index contributed by atoms with van der Waals surface area (Å²) in [6.07, 6.45) is -2.44. The van der Waals surface area contributed by atoms with Crippen LogP contribution in [0.5, 0.6) is 0 Å². The molecule has 0 aliphatic rings. The Morgan fingerprint density at radius 2 is 1.86 bits per heavy atom. The molecule has 1 aromatic rings. The summed E-state index contributed by atoms with van der Waals surface area (Å²) in [5.74, 6) is -0.667. The average Bonchev–Trinajstić information content (AvgIpc) is 2.41. The second kappa shape index (κ2) is 7.53. The van der Waals surface area contributed by atoms with Gasteiger partial charge >= 0.3 is 12.3 Å². The van der Waals surface area contributed by atoms with Gasteiger partial charge < -0.3 is 4.74 Å². The van der Waals surface area contributed by atoms with Crippen molar-refractivity contribution in [2.45, 2.75) is 45.4 Å². The molecule has 0 bridgehead atoms. The molecule has 7 heteroatoms. The van der Waals surface area contributed by atoms with Gasteiger partial charge in [0.25, 0.3) is 0 Å². The van der Waals surface area contributed by atoms with Crippen molar-refractivity contribution in [3.05, 3.63) is 46.0 Å². The van der Waals surface area contributed by atoms with Crippen molar-refractivity contribution in [2.24, 2.45) is 0 Å². The normalized spacial score (nSPS) is 12.3. The largest absolute Gasteiger partial charge is 0.444 e. The molecule has 0 aliphatic carbocycles. The predicted molar refractivity (Wildman–Crippen MR) is 79.9 cm³/mol. The van der Waals surface area contributed by atoms with Gasteiger partial charge in [0, 0.05) is 6.42 Å². The maximum atomic E-state index is 11.9. The lowest BCUT2D eigenvalue weighted by Crippen LogP contribution is -2.48. The van der Waals surface area contributed by atoms with Crippen molar-refractivity contribution in [1.29, 1.82) is 0 Å². The molecule has 0 radical (unpaired) electrons. The molecule has 1 aromatic carbocycles. The fraction of sp³-hybridized carbons (Fsp3) is 0.467. The van der Waals surface area contributed by atoms with Gasteiger partial charge in [-0.15, -0.1) is 0 Å². The molecule has 0 aliphatic heterocycles. The molecule has 1 N–H and O–H groups in total. The Labute approximate surface area is 128 Å². The molecule has 0 fully saturated rings. The Morgan fingerprint density at radius 3 is 2.36 bits per heavy atom. The Hall–Kier alpha value is -2.44. The van der Waals surface area contributed by atoms with Crippen molar-refractivity contribution in [3.8, 4) is 0 Å². The van der Waals surface area contributed by atoms with Crippen molar-refractivity contribution in [3.63, 3.8) is 0 Å². The Balaban J connectivity index is 2.60. The topological polar surface area (TPSA) is 98.5 Å². The zero-order valence-electron chi connectivity index (χ0n) is 12.9. The zero-order valence-corrected chi connectivity index (χ0v) is 12.9. The number of alkyl carbamates (subject to hydrolysis) is 1. The first-order valence-corrected chi connectivity index (χ1v) is 6.88. The monoisotopic (exact) mass is 308 g/mol. The van der Waals surface area contributed by atoms with E-state index >= 15 is 0 Å². The van der Waals surface area contributed by atoms with Crippen molar-refractivity contribution >= 4 is 11.9 Å². The van der Waals surface area contributed by atoms with Crippen LogP contribution < -0.4 is 5.32 Å². The summed E-state index contributed by atoms with van der Waals surface area (Å²) in [7, 11) is 0. The van der Waals surface area contributed by atoms with Crippen molar-refractivity contribution < 1.29 is 19.2 Å². The third kappa shape index (κ3) is 6.34. The maximum Gasteiger partial charge on any atom is 0.413 e. The zero-order chi connectivity index (χ0) is 16.8. The number of ketones is 1. The molecule has 1 rings (SSSR count). The van der Waals surface area contributed by atoms with Crippen LogP contribution in [0.3, 0.4) is 0 Å². The van der Waals surface area contributed by atoms with E-state index in [0.29, 0.717) is 6.42 Å². The number of amides is 1. The number of nitrogens with one attached hydrogen (secondary N) is 1. The van der Waals surface area contributed by atoms with E-state index < -0.39 is 28.6 Å². The van der Waals surface area contributed by atoms with Gasteiger partial charge in [0.2, 0.25) is 5.78 Å². The van der Waals surface area contributed by atoms with Crippen LogP contribution in [-0.2, 0) is 16.0 Å². The molecule has 7 nitrogen and oxygen atoms in total. The molecule has 0 aromatic heterocycles. The maximum absolute atomic E-state index is 11.9. The summed E-state index contributed by atoms with van der Waals surface area (Å²) in [4.78, 5) is 33.7. The molecule has 0 saturated heterocycles. The van der Waals surface area contributed by atoms with Crippen molar-refractivity contribution in [2.75, 3.05) is 0 Å². The van der Waals surface area contributed by atoms with E-state index in [1.54, 1.807) is 20.8 Å². The molecular formula is C15H20N2O5. The lowest BCUT2D eigenvalue weighted by atomic mass is 10.1. The van der Waals surface area contributed by atoms with Crippen LogP contribution in [0.4, 0.5) is 4.79 Å². The van der Waals surface area contributed by atoms with Crippen LogP contribution in [0.25, 0.3) is 0 Å². The highest BCUT2D eigenvalue weighted by molar-refractivity contribution is 5.86. The minimum absolute atomic E-state index is 0.0363. The Bertz CT molecular complexity index is 537. The van der Waals surface area contributed by atoms with E-state index in [-0.39, 0.29) is 6.42 Å². The van der Waals surface area contributed by atoms with Gasteiger partial charge in [0.15, 0.2) is 0 Å². The lowest BCUT2D eigenvalue weighted by Gasteiger charge is -2.20. The number of Topliss-reactive ketones (excluding diaryl/α,β-unsaturated/α-hetero) is 1. The molecule has 0 saturated carbocycles. The van der Waals surface area contributed by atoms with Crippen LogP contribution in [0.15, 0.2) is 30.3 Å². The molecular weight excluding hydrogens is 288 g/mol. The fourth-order valence-electron chi connectivity index (χ4n) is 1.72. The molecule has 0 unspecified atom stereocenters. The van der Waals surface area contributed by atoms with Gasteiger partial charge in [0.1, 0.15) is 5.60 Å². The summed E-state index contributed by atoms with van der Waals surface area (Å²) < 4.78 is 4.92. The standard InChI is InChI=1S/C15H20N2O5/c1-15(2,3)22-14(19)16-13(17(20)21)12(18)10-9-11-7-5-4-6-8-11/h4-8,13H,9-10H2,1-3H3,(H,16,19)/t13-/m0/s1. The summed E-state index contributed by atoms with van der Waals surface area (Å²) in [6, 6.07) is 9.15. The summed E-state index contributed by atoms with van der Waals surface area (Å²) >= 11 is 0. The molecule has 0 spiro atoms. The molecule has 0 heterocycles. The highest BCUT2D eigenvalue weighted by Crippen LogP contribution is 2.08. The highest BCUT2D eigenvalue weighted by atomic mass is 16.6. The van der Waals surface area contributed by atoms with Crippen LogP contribution in [0, 0.1) is 10.1 Å². The SMILES string of the molecule is CC(C)(C)OC(=O)N[C@H](C(=O)CCc1ccccc1)[N+](=O)[O-]. The third-order valence-electron chi connectivity index (χ3n) is 2.67. The van der Waals surface area contributed by atoms with Gasteiger partial charge in [-0.05, 0) is 32.8 Å². The first-order valence-electron chi connectivity index (χ1n) is 6.88. The molecule has 1 atom stereocenters. The molecule has 22 heavy (non-hydrogen) atoms. The first-order chi connectivity index (χ1) is 10.2. The van der Waals surface area contributed by atoms with E-state index in [0.717, 1.165) is 5.56 Å². The van der Waals surface area contributed by atoms with E-state index in [2.05, 4.69) is 0 Å².